The first kappa shape index (κ1) is 42.6. The predicted molar refractivity (Wildman–Crippen MR) is 229 cm³/mol. The Morgan fingerprint density at radius 2 is 1.60 bits per heavy atom. The summed E-state index contributed by atoms with van der Waals surface area (Å²) in [5.74, 6) is 0.0144. The van der Waals surface area contributed by atoms with Crippen LogP contribution in [0.3, 0.4) is 0 Å². The molecule has 0 spiro atoms. The van der Waals surface area contributed by atoms with Crippen molar-refractivity contribution in [3.05, 3.63) is 69.8 Å². The molecule has 2 fully saturated rings. The van der Waals surface area contributed by atoms with E-state index in [1.807, 2.05) is 63.4 Å². The van der Waals surface area contributed by atoms with E-state index >= 15 is 0 Å². The number of ether oxygens (including phenoxy) is 1. The third kappa shape index (κ3) is 11.1. The summed E-state index contributed by atoms with van der Waals surface area (Å²) < 4.78 is 7.20. The third-order valence-corrected chi connectivity index (χ3v) is 11.7. The number of nitrogens with two attached hydrogens (primary N) is 2. The van der Waals surface area contributed by atoms with Gasteiger partial charge in [0.15, 0.2) is 5.78 Å². The Morgan fingerprint density at radius 1 is 0.964 bits per heavy atom. The number of hydrogen-bond acceptors (Lipinski definition) is 13. The fourth-order valence-electron chi connectivity index (χ4n) is 6.03. The molecule has 296 valence electrons. The molecule has 0 bridgehead atoms. The molecule has 2 aliphatic heterocycles. The number of carbonyl (C=O) groups excluding carboxylic acids is 2. The summed E-state index contributed by atoms with van der Waals surface area (Å²) in [5, 5.41) is 19.0. The summed E-state index contributed by atoms with van der Waals surface area (Å²) in [5.41, 5.74) is 14.3. The van der Waals surface area contributed by atoms with Crippen molar-refractivity contribution in [1.29, 1.82) is 0 Å². The van der Waals surface area contributed by atoms with E-state index in [4.69, 9.17) is 49.5 Å². The average Bonchev–Trinajstić information content (AvgIpc) is 3.92. The van der Waals surface area contributed by atoms with E-state index in [-0.39, 0.29) is 21.7 Å². The number of nitrogens with zero attached hydrogens (tertiary/aromatic N) is 7. The van der Waals surface area contributed by atoms with Crippen LogP contribution in [0.1, 0.15) is 70.4 Å². The lowest BCUT2D eigenvalue weighted by Gasteiger charge is -2.28. The number of Topliss-reactive ketones (excluding diaryl/α,β-unsaturated/α-hetero) is 1. The Balaban J connectivity index is 0.000000166. The zero-order valence-electron chi connectivity index (χ0n) is 31.9. The van der Waals surface area contributed by atoms with E-state index in [1.165, 1.54) is 11.3 Å². The number of anilines is 3. The number of nitrogen functional groups attached to an aromatic ring is 1. The van der Waals surface area contributed by atoms with Crippen LogP contribution in [-0.2, 0) is 4.74 Å². The number of nitrogens with one attached hydrogen (secondary N) is 1. The Hall–Kier alpha value is -3.54. The van der Waals surface area contributed by atoms with Crippen molar-refractivity contribution in [2.24, 2.45) is 5.73 Å². The molecule has 0 aliphatic carbocycles. The minimum absolute atomic E-state index is 0.0144. The predicted octanol–water partition coefficient (Wildman–Crippen LogP) is 8.27. The van der Waals surface area contributed by atoms with Gasteiger partial charge in [0.1, 0.15) is 5.60 Å². The highest BCUT2D eigenvalue weighted by atomic mass is 79.9. The van der Waals surface area contributed by atoms with Crippen molar-refractivity contribution in [2.75, 3.05) is 41.7 Å². The zero-order valence-corrected chi connectivity index (χ0v) is 36.6. The second kappa shape index (κ2) is 17.3. The van der Waals surface area contributed by atoms with Gasteiger partial charge in [0.25, 0.3) is 0 Å². The SMILES string of the molecule is CC(Br)C(=O)c1ccccc1Cl.CC1(NC(=O)OC(C)(C)C)CCN(c2nnc(N)s2)C1.Cc1c(-c2ccccc2Cl)nc2sc(N3CCC(C)(N)C3)nn12. The van der Waals surface area contributed by atoms with Gasteiger partial charge in [-0.25, -0.2) is 14.3 Å². The molecule has 2 saturated heterocycles. The van der Waals surface area contributed by atoms with Gasteiger partial charge in [-0.05, 0) is 79.5 Å². The normalized spacial score (nSPS) is 20.1. The van der Waals surface area contributed by atoms with E-state index in [2.05, 4.69) is 48.2 Å². The van der Waals surface area contributed by atoms with Crippen LogP contribution in [0.15, 0.2) is 48.5 Å². The Kier molecular flexibility index (Phi) is 13.4. The Morgan fingerprint density at radius 3 is 2.16 bits per heavy atom. The molecule has 2 aliphatic rings. The van der Waals surface area contributed by atoms with E-state index in [1.54, 1.807) is 42.5 Å². The summed E-state index contributed by atoms with van der Waals surface area (Å²) in [4.78, 5) is 33.1. The van der Waals surface area contributed by atoms with Gasteiger partial charge in [-0.3, -0.25) is 4.79 Å². The number of aromatic nitrogens is 5. The highest BCUT2D eigenvalue weighted by molar-refractivity contribution is 9.10. The zero-order chi connectivity index (χ0) is 40.3. The highest BCUT2D eigenvalue weighted by Crippen LogP contribution is 2.35. The fraction of sp³-hybridized carbons (Fsp3) is 0.459. The number of ketones is 1. The van der Waals surface area contributed by atoms with Crippen LogP contribution in [0.2, 0.25) is 10.0 Å². The third-order valence-electron chi connectivity index (χ3n) is 8.80. The molecular formula is C37H47BrCl2N10O3S2. The molecule has 0 saturated carbocycles. The molecule has 3 aromatic heterocycles. The second-order valence-electron chi connectivity index (χ2n) is 15.2. The summed E-state index contributed by atoms with van der Waals surface area (Å²) >= 11 is 18.3. The standard InChI is InChI=1S/C16H18ClN5S.C12H21N5O2S.C9H8BrClO/c1-10-13(11-5-3-4-6-12(11)17)19-14-22(10)20-15(23-14)21-8-7-16(2,18)9-21;1-11(2,3)19-10(18)14-12(4)5-6-17(7-12)9-16-15-8(13)20-9;1-6(10)9(12)7-4-2-3-5-8(7)11/h3-6H,7-9,18H2,1-2H3;5-7H2,1-4H3,(H2,13,15)(H,14,18);2-6H,1H3. The quantitative estimate of drug-likeness (QED) is 0.111. The number of benzene rings is 2. The van der Waals surface area contributed by atoms with Gasteiger partial charge in [-0.1, -0.05) is 92.1 Å². The number of hydrogen-bond donors (Lipinski definition) is 3. The van der Waals surface area contributed by atoms with Gasteiger partial charge in [0, 0.05) is 42.8 Å². The number of alkyl carbamates (subject to hydrolysis) is 1. The van der Waals surface area contributed by atoms with Gasteiger partial charge in [0.05, 0.1) is 31.8 Å². The van der Waals surface area contributed by atoms with E-state index in [0.29, 0.717) is 27.3 Å². The maximum atomic E-state index is 11.9. The van der Waals surface area contributed by atoms with Crippen LogP contribution in [0.4, 0.5) is 20.2 Å². The highest BCUT2D eigenvalue weighted by Gasteiger charge is 2.38. The molecule has 5 heterocycles. The minimum Gasteiger partial charge on any atom is -0.444 e. The lowest BCUT2D eigenvalue weighted by atomic mass is 10.0. The smallest absolute Gasteiger partial charge is 0.408 e. The van der Waals surface area contributed by atoms with Crippen LogP contribution in [0, 0.1) is 6.92 Å². The largest absolute Gasteiger partial charge is 0.444 e. The average molecular weight is 895 g/mol. The summed E-state index contributed by atoms with van der Waals surface area (Å²) in [7, 11) is 0. The van der Waals surface area contributed by atoms with Gasteiger partial charge >= 0.3 is 6.09 Å². The molecule has 3 unspecified atom stereocenters. The summed E-state index contributed by atoms with van der Waals surface area (Å²) in [6.45, 7) is 16.7. The van der Waals surface area contributed by atoms with Crippen LogP contribution < -0.4 is 26.6 Å². The maximum Gasteiger partial charge on any atom is 0.408 e. The number of rotatable bonds is 6. The molecule has 13 nitrogen and oxygen atoms in total. The van der Waals surface area contributed by atoms with Crippen LogP contribution in [0.5, 0.6) is 0 Å². The fourth-order valence-corrected chi connectivity index (χ4v) is 8.34. The lowest BCUT2D eigenvalue weighted by molar-refractivity contribution is 0.0473. The molecule has 7 rings (SSSR count). The van der Waals surface area contributed by atoms with Crippen molar-refractivity contribution in [2.45, 2.75) is 82.8 Å². The van der Waals surface area contributed by atoms with Crippen LogP contribution >= 0.6 is 61.8 Å². The molecule has 5 aromatic rings. The minimum atomic E-state index is -0.494. The van der Waals surface area contributed by atoms with Crippen LogP contribution in [-0.4, -0.2) is 84.4 Å². The topological polar surface area (TPSA) is 170 Å². The lowest BCUT2D eigenvalue weighted by Crippen LogP contribution is -2.49. The number of aryl methyl sites for hydroxylation is 1. The molecule has 5 N–H and O–H groups in total. The molecule has 55 heavy (non-hydrogen) atoms. The number of halogens is 3. The van der Waals surface area contributed by atoms with Crippen LogP contribution in [0.25, 0.3) is 16.2 Å². The van der Waals surface area contributed by atoms with Gasteiger partial charge in [0.2, 0.25) is 20.4 Å². The molecule has 1 amide bonds. The number of imidazole rings is 1. The monoisotopic (exact) mass is 892 g/mol. The number of carbonyl (C=O) groups is 2. The first-order valence-corrected chi connectivity index (χ1v) is 21.0. The van der Waals surface area contributed by atoms with Crippen molar-refractivity contribution in [1.82, 2.24) is 30.1 Å². The first-order chi connectivity index (χ1) is 25.7. The van der Waals surface area contributed by atoms with Crippen molar-refractivity contribution >= 4 is 94.0 Å². The molecule has 18 heteroatoms. The number of amides is 1. The Bertz CT molecular complexity index is 2130. The first-order valence-electron chi connectivity index (χ1n) is 17.7. The van der Waals surface area contributed by atoms with Gasteiger partial charge in [-0.2, -0.15) is 0 Å². The Labute approximate surface area is 347 Å². The van der Waals surface area contributed by atoms with Gasteiger partial charge in [-0.15, -0.1) is 15.3 Å². The summed E-state index contributed by atoms with van der Waals surface area (Å²) in [6, 6.07) is 14.8. The molecular weight excluding hydrogens is 847 g/mol. The van der Waals surface area contributed by atoms with E-state index in [9.17, 15) is 9.59 Å². The van der Waals surface area contributed by atoms with E-state index < -0.39 is 11.7 Å². The summed E-state index contributed by atoms with van der Waals surface area (Å²) in [6.07, 6.45) is 1.42. The second-order valence-corrected chi connectivity index (χ2v) is 19.3. The van der Waals surface area contributed by atoms with Crippen molar-refractivity contribution < 1.29 is 14.3 Å². The van der Waals surface area contributed by atoms with Crippen molar-refractivity contribution in [3.63, 3.8) is 0 Å². The molecule has 0 radical (unpaired) electrons. The van der Waals surface area contributed by atoms with Crippen molar-refractivity contribution in [3.8, 4) is 11.3 Å². The van der Waals surface area contributed by atoms with Gasteiger partial charge < -0.3 is 31.3 Å². The number of alkyl halides is 1. The van der Waals surface area contributed by atoms with E-state index in [0.717, 1.165) is 64.7 Å². The maximum absolute atomic E-state index is 11.9. The molecule has 3 atom stereocenters. The molecule has 2 aromatic carbocycles. The number of fused-ring (bicyclic) bond motifs is 1.